The molecule has 3 nitrogen and oxygen atoms in total. The number of anilines is 2. The molecule has 3 aliphatic rings. The number of thioether (sulfide) groups is 1. The lowest BCUT2D eigenvalue weighted by Crippen LogP contribution is -2.59. The van der Waals surface area contributed by atoms with Gasteiger partial charge in [0.2, 0.25) is 0 Å². The van der Waals surface area contributed by atoms with Crippen LogP contribution in [0.15, 0.2) is 186 Å². The van der Waals surface area contributed by atoms with Crippen LogP contribution >= 0.6 is 11.8 Å². The molecule has 0 spiro atoms. The van der Waals surface area contributed by atoms with Gasteiger partial charge in [-0.3, -0.25) is 0 Å². The topological polar surface area (TPSA) is 13.1 Å². The molecule has 252 valence electrons. The third-order valence-corrected chi connectivity index (χ3v) is 12.9. The smallest absolute Gasteiger partial charge is 0.252 e. The van der Waals surface area contributed by atoms with Crippen molar-refractivity contribution in [2.75, 3.05) is 4.90 Å². The molecule has 0 unspecified atom stereocenters. The molecular weight excluding hydrogens is 673 g/mol. The highest BCUT2D eigenvalue weighted by molar-refractivity contribution is 8.03. The van der Waals surface area contributed by atoms with E-state index in [0.717, 1.165) is 5.69 Å². The molecule has 7 aromatic carbocycles. The zero-order valence-corrected chi connectivity index (χ0v) is 30.4. The fourth-order valence-corrected chi connectivity index (χ4v) is 10.8. The van der Waals surface area contributed by atoms with E-state index in [1.807, 2.05) is 6.08 Å². The van der Waals surface area contributed by atoms with Crippen molar-refractivity contribution in [1.29, 1.82) is 0 Å². The van der Waals surface area contributed by atoms with E-state index in [2.05, 4.69) is 185 Å². The van der Waals surface area contributed by atoms with E-state index in [0.29, 0.717) is 0 Å². The van der Waals surface area contributed by atoms with Gasteiger partial charge in [0.25, 0.3) is 6.71 Å². The Kier molecular flexibility index (Phi) is 6.15. The van der Waals surface area contributed by atoms with Crippen molar-refractivity contribution in [3.8, 4) is 22.5 Å². The van der Waals surface area contributed by atoms with Gasteiger partial charge in [0.05, 0.1) is 22.4 Å². The number of para-hydroxylation sites is 5. The van der Waals surface area contributed by atoms with Gasteiger partial charge in [-0.1, -0.05) is 128 Å². The SMILES string of the molecule is C=C/C=C1/Sc2ccccc2N(c2ccc(-c3cc4c5c(c3)-n3c6ccccc6c6cccc(c63)B5c3cccc5c6ccccc6n-4c35)cc2)/C1=C/C. The molecular formula is C49H32BN3S. The molecule has 5 heteroatoms. The van der Waals surface area contributed by atoms with Crippen molar-refractivity contribution in [2.45, 2.75) is 11.8 Å². The Labute approximate surface area is 317 Å². The lowest BCUT2D eigenvalue weighted by Gasteiger charge is -2.35. The maximum absolute atomic E-state index is 4.01. The van der Waals surface area contributed by atoms with E-state index >= 15 is 0 Å². The molecule has 3 aliphatic heterocycles. The van der Waals surface area contributed by atoms with Crippen molar-refractivity contribution in [3.63, 3.8) is 0 Å². The molecule has 0 amide bonds. The number of nitrogens with zero attached hydrogens (tertiary/aromatic N) is 3. The average molecular weight is 706 g/mol. The lowest BCUT2D eigenvalue weighted by molar-refractivity contribution is 1.14. The van der Waals surface area contributed by atoms with Crippen LogP contribution in [0, 0.1) is 0 Å². The van der Waals surface area contributed by atoms with Gasteiger partial charge in [0.1, 0.15) is 0 Å². The first-order valence-electron chi connectivity index (χ1n) is 18.6. The standard InChI is InChI=1S/C49H32BN3S/c1-3-13-45-39(4-2)51(42-22-9-10-23-46(42)54-45)32-26-24-30(25-27-32)31-28-43-47-44(29-31)53-41-21-8-6-15-34(41)36-17-12-19-38(49(36)53)50(47)37-18-11-16-35-33-14-5-7-20-40(33)52(43)48(35)37/h3-29H,1H2,2H3/b39-4+,45-13+. The Morgan fingerprint density at radius 3 is 1.76 bits per heavy atom. The molecule has 0 fully saturated rings. The predicted molar refractivity (Wildman–Crippen MR) is 232 cm³/mol. The van der Waals surface area contributed by atoms with E-state index in [4.69, 9.17) is 0 Å². The van der Waals surface area contributed by atoms with Gasteiger partial charge in [0, 0.05) is 59.4 Å². The van der Waals surface area contributed by atoms with Crippen LogP contribution in [0.4, 0.5) is 11.4 Å². The molecule has 5 heterocycles. The van der Waals surface area contributed by atoms with Gasteiger partial charge in [-0.2, -0.15) is 0 Å². The van der Waals surface area contributed by atoms with Gasteiger partial charge in [-0.15, -0.1) is 0 Å². The van der Waals surface area contributed by atoms with Crippen LogP contribution in [0.25, 0.3) is 66.1 Å². The van der Waals surface area contributed by atoms with E-state index in [-0.39, 0.29) is 6.71 Å². The van der Waals surface area contributed by atoms with Crippen molar-refractivity contribution >= 4 is 89.8 Å². The van der Waals surface area contributed by atoms with Crippen LogP contribution in [0.1, 0.15) is 6.92 Å². The summed E-state index contributed by atoms with van der Waals surface area (Å²) in [6.07, 6.45) is 6.20. The summed E-state index contributed by atoms with van der Waals surface area (Å²) in [4.78, 5) is 4.81. The molecule has 9 aromatic rings. The predicted octanol–water partition coefficient (Wildman–Crippen LogP) is 10.9. The number of fused-ring (bicyclic) bond motifs is 11. The Bertz CT molecular complexity index is 3030. The van der Waals surface area contributed by atoms with Crippen LogP contribution in [-0.2, 0) is 0 Å². The van der Waals surface area contributed by atoms with E-state index in [1.165, 1.54) is 104 Å². The first kappa shape index (κ1) is 30.1. The molecule has 0 saturated heterocycles. The molecule has 2 aromatic heterocycles. The minimum atomic E-state index is 0.126. The zero-order valence-electron chi connectivity index (χ0n) is 29.6. The second kappa shape index (κ2) is 11.0. The van der Waals surface area contributed by atoms with Gasteiger partial charge < -0.3 is 14.0 Å². The van der Waals surface area contributed by atoms with Crippen LogP contribution in [0.5, 0.6) is 0 Å². The van der Waals surface area contributed by atoms with Crippen molar-refractivity contribution in [1.82, 2.24) is 9.13 Å². The quantitative estimate of drug-likeness (QED) is 0.170. The molecule has 12 rings (SSSR count). The molecule has 0 atom stereocenters. The van der Waals surface area contributed by atoms with Gasteiger partial charge in [-0.25, -0.2) is 0 Å². The first-order chi connectivity index (χ1) is 26.7. The minimum absolute atomic E-state index is 0.126. The van der Waals surface area contributed by atoms with Crippen molar-refractivity contribution in [2.24, 2.45) is 0 Å². The van der Waals surface area contributed by atoms with Crippen LogP contribution < -0.4 is 21.3 Å². The van der Waals surface area contributed by atoms with E-state index in [9.17, 15) is 0 Å². The molecule has 54 heavy (non-hydrogen) atoms. The summed E-state index contributed by atoms with van der Waals surface area (Å²) in [5.41, 5.74) is 17.7. The van der Waals surface area contributed by atoms with Crippen LogP contribution in [-0.4, -0.2) is 15.8 Å². The summed E-state index contributed by atoms with van der Waals surface area (Å²) in [5.74, 6) is 0. The Balaban J connectivity index is 1.13. The summed E-state index contributed by atoms with van der Waals surface area (Å²) in [5, 5.41) is 5.22. The molecule has 0 bridgehead atoms. The van der Waals surface area contributed by atoms with Crippen molar-refractivity contribution < 1.29 is 0 Å². The molecule has 0 saturated carbocycles. The van der Waals surface area contributed by atoms with Crippen molar-refractivity contribution in [3.05, 3.63) is 181 Å². The molecule has 0 N–H and O–H groups in total. The number of benzene rings is 7. The molecule has 0 radical (unpaired) electrons. The lowest BCUT2D eigenvalue weighted by atomic mass is 9.34. The Morgan fingerprint density at radius 2 is 1.15 bits per heavy atom. The summed E-state index contributed by atoms with van der Waals surface area (Å²) in [6.45, 7) is 6.26. The third kappa shape index (κ3) is 3.84. The highest BCUT2D eigenvalue weighted by Gasteiger charge is 2.41. The van der Waals surface area contributed by atoms with Crippen LogP contribution in [0.3, 0.4) is 0 Å². The largest absolute Gasteiger partial charge is 0.310 e. The van der Waals surface area contributed by atoms with E-state index in [1.54, 1.807) is 11.8 Å². The maximum atomic E-state index is 4.01. The van der Waals surface area contributed by atoms with Gasteiger partial charge >= 0.3 is 0 Å². The summed E-state index contributed by atoms with van der Waals surface area (Å²) >= 11 is 1.80. The number of allylic oxidation sites excluding steroid dienone is 3. The minimum Gasteiger partial charge on any atom is -0.310 e. The fourth-order valence-electron chi connectivity index (χ4n) is 9.71. The normalized spacial score (nSPS) is 15.5. The fraction of sp³-hybridized carbons (Fsp3) is 0.0204. The van der Waals surface area contributed by atoms with E-state index < -0.39 is 0 Å². The van der Waals surface area contributed by atoms with Gasteiger partial charge in [-0.05, 0) is 89.0 Å². The number of aromatic nitrogens is 2. The second-order valence-electron chi connectivity index (χ2n) is 14.4. The maximum Gasteiger partial charge on any atom is 0.252 e. The second-order valence-corrected chi connectivity index (χ2v) is 15.5. The summed E-state index contributed by atoms with van der Waals surface area (Å²) in [6, 6.07) is 54.4. The summed E-state index contributed by atoms with van der Waals surface area (Å²) < 4.78 is 5.11. The number of rotatable bonds is 3. The Morgan fingerprint density at radius 1 is 0.574 bits per heavy atom. The van der Waals surface area contributed by atoms with Crippen LogP contribution in [0.2, 0.25) is 0 Å². The Hall–Kier alpha value is -6.43. The first-order valence-corrected chi connectivity index (χ1v) is 19.4. The zero-order chi connectivity index (χ0) is 35.7. The monoisotopic (exact) mass is 705 g/mol. The molecule has 0 aliphatic carbocycles. The number of hydrogen-bond acceptors (Lipinski definition) is 2. The summed E-state index contributed by atoms with van der Waals surface area (Å²) in [7, 11) is 0. The average Bonchev–Trinajstić information content (AvgIpc) is 3.75. The highest BCUT2D eigenvalue weighted by atomic mass is 32.2. The highest BCUT2D eigenvalue weighted by Crippen LogP contribution is 2.49. The number of hydrogen-bond donors (Lipinski definition) is 0. The third-order valence-electron chi connectivity index (χ3n) is 11.8. The van der Waals surface area contributed by atoms with Gasteiger partial charge in [0.15, 0.2) is 0 Å².